The van der Waals surface area contributed by atoms with Crippen molar-refractivity contribution < 1.29 is 0 Å². The third-order valence-corrected chi connectivity index (χ3v) is 10.8. The number of fused-ring (bicyclic) bond motifs is 9. The van der Waals surface area contributed by atoms with Crippen LogP contribution in [-0.4, -0.2) is 0 Å². The Morgan fingerprint density at radius 2 is 0.809 bits per heavy atom. The van der Waals surface area contributed by atoms with Crippen molar-refractivity contribution >= 4 is 33.1 Å². The molecule has 220 valence electrons. The highest BCUT2D eigenvalue weighted by atomic mass is 14.4. The molecule has 0 spiro atoms. The van der Waals surface area contributed by atoms with Crippen molar-refractivity contribution in [2.75, 3.05) is 0 Å². The molecule has 3 aliphatic rings. The Morgan fingerprint density at radius 3 is 1.55 bits per heavy atom. The van der Waals surface area contributed by atoms with Crippen molar-refractivity contribution in [3.8, 4) is 22.3 Å². The molecule has 0 saturated carbocycles. The molecule has 0 atom stereocenters. The van der Waals surface area contributed by atoms with Crippen LogP contribution in [0.1, 0.15) is 58.4 Å². The maximum atomic E-state index is 2.40. The van der Waals surface area contributed by atoms with Gasteiger partial charge in [-0.25, -0.2) is 0 Å². The SMILES string of the molecule is CC1(C)c2ccccc2-c2cc(-c3ccc(C4=C5C(=C(c6cccc7ccccc67)c6ccccc65)c5ccccc54)cc3)ccc21. The molecule has 0 radical (unpaired) electrons. The van der Waals surface area contributed by atoms with E-state index in [1.807, 2.05) is 0 Å². The fourth-order valence-corrected chi connectivity index (χ4v) is 8.65. The topological polar surface area (TPSA) is 0 Å². The summed E-state index contributed by atoms with van der Waals surface area (Å²) >= 11 is 0. The zero-order valence-electron chi connectivity index (χ0n) is 26.5. The first-order valence-corrected chi connectivity index (χ1v) is 16.6. The summed E-state index contributed by atoms with van der Waals surface area (Å²) in [7, 11) is 0. The first kappa shape index (κ1) is 26.5. The first-order valence-electron chi connectivity index (χ1n) is 16.6. The van der Waals surface area contributed by atoms with E-state index >= 15 is 0 Å². The molecule has 3 aliphatic carbocycles. The van der Waals surface area contributed by atoms with Crippen LogP contribution in [-0.2, 0) is 5.41 Å². The van der Waals surface area contributed by atoms with E-state index in [0.29, 0.717) is 0 Å². The fraction of sp³-hybridized carbons (Fsp3) is 0.0638. The largest absolute Gasteiger partial charge is 0.0619 e. The molecule has 0 amide bonds. The summed E-state index contributed by atoms with van der Waals surface area (Å²) in [5.74, 6) is 0. The molecule has 0 aromatic heterocycles. The Balaban J connectivity index is 1.15. The molecule has 0 heteroatoms. The van der Waals surface area contributed by atoms with Gasteiger partial charge in [0.1, 0.15) is 0 Å². The highest BCUT2D eigenvalue weighted by molar-refractivity contribution is 6.36. The van der Waals surface area contributed by atoms with E-state index in [1.165, 1.54) is 99.8 Å². The molecule has 0 fully saturated rings. The van der Waals surface area contributed by atoms with Gasteiger partial charge < -0.3 is 0 Å². The van der Waals surface area contributed by atoms with Gasteiger partial charge in [0.15, 0.2) is 0 Å². The molecule has 7 aromatic carbocycles. The van der Waals surface area contributed by atoms with Crippen LogP contribution in [0.5, 0.6) is 0 Å². The van der Waals surface area contributed by atoms with Crippen LogP contribution in [0.25, 0.3) is 55.3 Å². The van der Waals surface area contributed by atoms with Crippen molar-refractivity contribution in [2.45, 2.75) is 19.3 Å². The van der Waals surface area contributed by atoms with E-state index in [4.69, 9.17) is 0 Å². The average Bonchev–Trinajstić information content (AvgIpc) is 3.71. The maximum Gasteiger partial charge on any atom is 0.0158 e. The van der Waals surface area contributed by atoms with Gasteiger partial charge in [-0.15, -0.1) is 0 Å². The molecule has 7 aromatic rings. The van der Waals surface area contributed by atoms with Crippen molar-refractivity contribution in [3.05, 3.63) is 202 Å². The molecular formula is C47H32. The van der Waals surface area contributed by atoms with Crippen molar-refractivity contribution in [2.24, 2.45) is 0 Å². The van der Waals surface area contributed by atoms with Crippen LogP contribution in [0.3, 0.4) is 0 Å². The van der Waals surface area contributed by atoms with E-state index in [0.717, 1.165) is 0 Å². The smallest absolute Gasteiger partial charge is 0.0158 e. The minimum absolute atomic E-state index is 0.0196. The van der Waals surface area contributed by atoms with E-state index in [2.05, 4.69) is 172 Å². The number of hydrogen-bond donors (Lipinski definition) is 0. The molecule has 0 N–H and O–H groups in total. The Bertz CT molecular complexity index is 2510. The minimum Gasteiger partial charge on any atom is -0.0619 e. The van der Waals surface area contributed by atoms with E-state index in [-0.39, 0.29) is 5.41 Å². The van der Waals surface area contributed by atoms with Gasteiger partial charge in [0.2, 0.25) is 0 Å². The van der Waals surface area contributed by atoms with E-state index in [1.54, 1.807) is 0 Å². The molecule has 10 rings (SSSR count). The van der Waals surface area contributed by atoms with Gasteiger partial charge >= 0.3 is 0 Å². The summed E-state index contributed by atoms with van der Waals surface area (Å²) in [5.41, 5.74) is 21.3. The van der Waals surface area contributed by atoms with Gasteiger partial charge in [0, 0.05) is 5.41 Å². The Kier molecular flexibility index (Phi) is 5.44. The Labute approximate surface area is 276 Å². The number of allylic oxidation sites excluding steroid dienone is 2. The summed E-state index contributed by atoms with van der Waals surface area (Å²) < 4.78 is 0. The van der Waals surface area contributed by atoms with Crippen LogP contribution in [0.2, 0.25) is 0 Å². The lowest BCUT2D eigenvalue weighted by Crippen LogP contribution is -2.14. The number of hydrogen-bond acceptors (Lipinski definition) is 0. The molecule has 0 nitrogen and oxygen atoms in total. The molecule has 0 bridgehead atoms. The molecular weight excluding hydrogens is 565 g/mol. The molecule has 47 heavy (non-hydrogen) atoms. The highest BCUT2D eigenvalue weighted by Gasteiger charge is 2.38. The standard InChI is InChI=1S/C47H32/c1-47(2)41-21-10-9-15-34(41)40-28-32(26-27-42(40)47)29-22-24-31(25-23-29)43-36-16-5-7-18-38(36)46-44(37-17-6-8-19-39(37)45(43)46)35-20-11-13-30-12-3-4-14-33(30)35/h3-28H,1-2H3. The lowest BCUT2D eigenvalue weighted by molar-refractivity contribution is 0.660. The van der Waals surface area contributed by atoms with Crippen LogP contribution < -0.4 is 0 Å². The average molecular weight is 597 g/mol. The second-order valence-corrected chi connectivity index (χ2v) is 13.6. The zero-order chi connectivity index (χ0) is 31.3. The van der Waals surface area contributed by atoms with Gasteiger partial charge in [-0.3, -0.25) is 0 Å². The van der Waals surface area contributed by atoms with E-state index in [9.17, 15) is 0 Å². The van der Waals surface area contributed by atoms with Crippen molar-refractivity contribution in [3.63, 3.8) is 0 Å². The lowest BCUT2D eigenvalue weighted by atomic mass is 9.82. The van der Waals surface area contributed by atoms with Gasteiger partial charge in [0.25, 0.3) is 0 Å². The summed E-state index contributed by atoms with van der Waals surface area (Å²) in [6.45, 7) is 4.69. The first-order chi connectivity index (χ1) is 23.1. The second kappa shape index (κ2) is 9.64. The van der Waals surface area contributed by atoms with Gasteiger partial charge in [-0.05, 0) is 106 Å². The zero-order valence-corrected chi connectivity index (χ0v) is 26.5. The van der Waals surface area contributed by atoms with Gasteiger partial charge in [-0.2, -0.15) is 0 Å². The summed E-state index contributed by atoms with van der Waals surface area (Å²) in [4.78, 5) is 0. The van der Waals surface area contributed by atoms with Crippen LogP contribution in [0, 0.1) is 0 Å². The van der Waals surface area contributed by atoms with E-state index < -0.39 is 0 Å². The predicted octanol–water partition coefficient (Wildman–Crippen LogP) is 12.1. The van der Waals surface area contributed by atoms with Gasteiger partial charge in [0.05, 0.1) is 0 Å². The Morgan fingerprint density at radius 1 is 0.319 bits per heavy atom. The number of rotatable bonds is 3. The van der Waals surface area contributed by atoms with Gasteiger partial charge in [-0.1, -0.05) is 166 Å². The fourth-order valence-electron chi connectivity index (χ4n) is 8.65. The minimum atomic E-state index is 0.0196. The Hall–Kier alpha value is -5.72. The normalized spacial score (nSPS) is 15.0. The summed E-state index contributed by atoms with van der Waals surface area (Å²) in [6, 6.07) is 58.7. The lowest BCUT2D eigenvalue weighted by Gasteiger charge is -2.21. The van der Waals surface area contributed by atoms with Crippen LogP contribution >= 0.6 is 0 Å². The van der Waals surface area contributed by atoms with Crippen molar-refractivity contribution in [1.29, 1.82) is 0 Å². The molecule has 0 unspecified atom stereocenters. The monoisotopic (exact) mass is 596 g/mol. The third kappa shape index (κ3) is 3.64. The molecule has 0 aliphatic heterocycles. The summed E-state index contributed by atoms with van der Waals surface area (Å²) in [6.07, 6.45) is 0. The molecule has 0 saturated heterocycles. The van der Waals surface area contributed by atoms with Crippen LogP contribution in [0.4, 0.5) is 0 Å². The van der Waals surface area contributed by atoms with Crippen LogP contribution in [0.15, 0.2) is 158 Å². The maximum absolute atomic E-state index is 2.40. The quantitative estimate of drug-likeness (QED) is 0.190. The third-order valence-electron chi connectivity index (χ3n) is 10.8. The number of benzene rings is 7. The van der Waals surface area contributed by atoms with Crippen molar-refractivity contribution in [1.82, 2.24) is 0 Å². The predicted molar refractivity (Wildman–Crippen MR) is 198 cm³/mol. The molecule has 0 heterocycles. The highest BCUT2D eigenvalue weighted by Crippen LogP contribution is 2.59. The second-order valence-electron chi connectivity index (χ2n) is 13.6. The summed E-state index contributed by atoms with van der Waals surface area (Å²) in [5, 5.41) is 2.57.